The second-order valence-corrected chi connectivity index (χ2v) is 6.22. The van der Waals surface area contributed by atoms with Crippen molar-refractivity contribution >= 4 is 22.6 Å². The number of amides is 1. The van der Waals surface area contributed by atoms with Gasteiger partial charge in [0.05, 0.1) is 0 Å². The zero-order chi connectivity index (χ0) is 19.0. The highest BCUT2D eigenvalue weighted by Crippen LogP contribution is 2.34. The van der Waals surface area contributed by atoms with Gasteiger partial charge < -0.3 is 23.9 Å². The van der Waals surface area contributed by atoms with E-state index in [1.54, 1.807) is 43.3 Å². The maximum Gasteiger partial charge on any atom is 0.336 e. The molecule has 0 saturated heterocycles. The Morgan fingerprint density at radius 1 is 1.11 bits per heavy atom. The summed E-state index contributed by atoms with van der Waals surface area (Å²) < 4.78 is 21.4. The van der Waals surface area contributed by atoms with Crippen molar-refractivity contribution in [2.45, 2.75) is 20.0 Å². The lowest BCUT2D eigenvalue weighted by molar-refractivity contribution is -0.122. The van der Waals surface area contributed by atoms with Gasteiger partial charge in [-0.05, 0) is 43.7 Å². The van der Waals surface area contributed by atoms with Gasteiger partial charge in [-0.15, -0.1) is 0 Å². The molecule has 7 nitrogen and oxygen atoms in total. The summed E-state index contributed by atoms with van der Waals surface area (Å²) in [7, 11) is 0. The van der Waals surface area contributed by atoms with Crippen molar-refractivity contribution in [3.63, 3.8) is 0 Å². The normalized spacial score (nSPS) is 13.4. The van der Waals surface area contributed by atoms with Crippen molar-refractivity contribution in [3.8, 4) is 17.2 Å². The second-order valence-electron chi connectivity index (χ2n) is 6.22. The molecule has 27 heavy (non-hydrogen) atoms. The zero-order valence-corrected chi connectivity index (χ0v) is 14.8. The zero-order valence-electron chi connectivity index (χ0n) is 14.8. The van der Waals surface area contributed by atoms with Crippen molar-refractivity contribution in [2.75, 3.05) is 12.1 Å². The number of carbonyl (C=O) groups excluding carboxylic acids is 1. The number of benzene rings is 2. The van der Waals surface area contributed by atoms with E-state index < -0.39 is 11.7 Å². The number of hydrogen-bond donors (Lipinski definition) is 1. The summed E-state index contributed by atoms with van der Waals surface area (Å²) in [5.74, 6) is 1.34. The molecule has 3 aromatic rings. The van der Waals surface area contributed by atoms with Crippen molar-refractivity contribution in [1.82, 2.24) is 0 Å². The maximum atomic E-state index is 12.4. The molecule has 0 saturated carbocycles. The molecule has 0 fully saturated rings. The van der Waals surface area contributed by atoms with Gasteiger partial charge in [0.25, 0.3) is 5.91 Å². The standard InChI is InChI=1S/C20H17NO6/c1-11-7-19(22)27-17-9-14(4-5-15(11)17)26-12(2)20(23)21-13-3-6-16-18(8-13)25-10-24-16/h3-9,12H,10H2,1-2H3,(H,21,23). The first-order valence-corrected chi connectivity index (χ1v) is 8.41. The summed E-state index contributed by atoms with van der Waals surface area (Å²) in [5.41, 5.74) is 1.40. The SMILES string of the molecule is Cc1cc(=O)oc2cc(OC(C)C(=O)Nc3ccc4c(c3)OCO4)ccc12. The predicted octanol–water partition coefficient (Wildman–Crippen LogP) is 3.24. The van der Waals surface area contributed by atoms with Gasteiger partial charge in [0.1, 0.15) is 11.3 Å². The summed E-state index contributed by atoms with van der Waals surface area (Å²) >= 11 is 0. The Morgan fingerprint density at radius 3 is 2.78 bits per heavy atom. The van der Waals surface area contributed by atoms with Crippen LogP contribution in [0.1, 0.15) is 12.5 Å². The minimum atomic E-state index is -0.760. The third kappa shape index (κ3) is 3.44. The number of aryl methyl sites for hydroxylation is 1. The van der Waals surface area contributed by atoms with Crippen LogP contribution in [0.15, 0.2) is 51.7 Å². The van der Waals surface area contributed by atoms with Gasteiger partial charge in [-0.25, -0.2) is 4.79 Å². The van der Waals surface area contributed by atoms with Crippen molar-refractivity contribution in [3.05, 3.63) is 58.4 Å². The Hall–Kier alpha value is -3.48. The third-order valence-electron chi connectivity index (χ3n) is 4.25. The van der Waals surface area contributed by atoms with Crippen LogP contribution in [-0.4, -0.2) is 18.8 Å². The van der Waals surface area contributed by atoms with Crippen LogP contribution in [0.2, 0.25) is 0 Å². The van der Waals surface area contributed by atoms with Crippen LogP contribution in [0.4, 0.5) is 5.69 Å². The summed E-state index contributed by atoms with van der Waals surface area (Å²) in [5, 5.41) is 3.59. The second kappa shape index (κ2) is 6.68. The van der Waals surface area contributed by atoms with E-state index in [2.05, 4.69) is 5.32 Å². The number of rotatable bonds is 4. The largest absolute Gasteiger partial charge is 0.481 e. The lowest BCUT2D eigenvalue weighted by atomic mass is 10.1. The first-order valence-electron chi connectivity index (χ1n) is 8.41. The molecule has 0 bridgehead atoms. The predicted molar refractivity (Wildman–Crippen MR) is 98.5 cm³/mol. The fourth-order valence-electron chi connectivity index (χ4n) is 2.85. The van der Waals surface area contributed by atoms with Gasteiger partial charge in [-0.1, -0.05) is 0 Å². The van der Waals surface area contributed by atoms with E-state index in [1.165, 1.54) is 6.07 Å². The Kier molecular flexibility index (Phi) is 4.19. The van der Waals surface area contributed by atoms with Gasteiger partial charge in [-0.3, -0.25) is 4.79 Å². The lowest BCUT2D eigenvalue weighted by Gasteiger charge is -2.15. The highest BCUT2D eigenvalue weighted by atomic mass is 16.7. The molecule has 1 atom stereocenters. The molecule has 1 aliphatic heterocycles. The Labute approximate surface area is 154 Å². The Morgan fingerprint density at radius 2 is 1.93 bits per heavy atom. The minimum absolute atomic E-state index is 0.170. The van der Waals surface area contributed by atoms with Crippen LogP contribution in [0.5, 0.6) is 17.2 Å². The summed E-state index contributed by atoms with van der Waals surface area (Å²) in [6.45, 7) is 3.64. The number of ether oxygens (including phenoxy) is 3. The van der Waals surface area contributed by atoms with Crippen LogP contribution >= 0.6 is 0 Å². The molecule has 1 amide bonds. The highest BCUT2D eigenvalue weighted by Gasteiger charge is 2.18. The molecule has 1 N–H and O–H groups in total. The van der Waals surface area contributed by atoms with Crippen LogP contribution in [0.25, 0.3) is 11.0 Å². The number of carbonyl (C=O) groups is 1. The van der Waals surface area contributed by atoms with Crippen LogP contribution < -0.4 is 25.2 Å². The van der Waals surface area contributed by atoms with Gasteiger partial charge in [0.2, 0.25) is 6.79 Å². The van der Waals surface area contributed by atoms with Gasteiger partial charge >= 0.3 is 5.63 Å². The van der Waals surface area contributed by atoms with E-state index in [4.69, 9.17) is 18.6 Å². The van der Waals surface area contributed by atoms with Crippen LogP contribution in [0, 0.1) is 6.92 Å². The molecule has 1 unspecified atom stereocenters. The summed E-state index contributed by atoms with van der Waals surface area (Å²) in [6, 6.07) is 11.7. The summed E-state index contributed by atoms with van der Waals surface area (Å²) in [6.07, 6.45) is -0.760. The van der Waals surface area contributed by atoms with Crippen molar-refractivity contribution in [1.29, 1.82) is 0 Å². The summed E-state index contributed by atoms with van der Waals surface area (Å²) in [4.78, 5) is 23.9. The average Bonchev–Trinajstić information content (AvgIpc) is 3.09. The molecule has 2 heterocycles. The molecule has 0 radical (unpaired) electrons. The Balaban J connectivity index is 1.48. The van der Waals surface area contributed by atoms with E-state index in [0.29, 0.717) is 28.5 Å². The van der Waals surface area contributed by atoms with Gasteiger partial charge in [-0.2, -0.15) is 0 Å². The number of nitrogens with one attached hydrogen (secondary N) is 1. The van der Waals surface area contributed by atoms with E-state index in [0.717, 1.165) is 10.9 Å². The lowest BCUT2D eigenvalue weighted by Crippen LogP contribution is -2.30. The fourth-order valence-corrected chi connectivity index (χ4v) is 2.85. The molecular formula is C20H17NO6. The molecule has 7 heteroatoms. The topological polar surface area (TPSA) is 87.0 Å². The molecule has 4 rings (SSSR count). The quantitative estimate of drug-likeness (QED) is 0.713. The number of hydrogen-bond acceptors (Lipinski definition) is 6. The minimum Gasteiger partial charge on any atom is -0.481 e. The maximum absolute atomic E-state index is 12.4. The number of anilines is 1. The molecule has 2 aromatic carbocycles. The van der Waals surface area contributed by atoms with Crippen molar-refractivity contribution in [2.24, 2.45) is 0 Å². The van der Waals surface area contributed by atoms with E-state index in [-0.39, 0.29) is 12.7 Å². The van der Waals surface area contributed by atoms with Crippen LogP contribution in [-0.2, 0) is 4.79 Å². The molecule has 138 valence electrons. The number of fused-ring (bicyclic) bond motifs is 2. The first kappa shape index (κ1) is 17.0. The molecular weight excluding hydrogens is 350 g/mol. The molecule has 0 aliphatic carbocycles. The van der Waals surface area contributed by atoms with E-state index in [1.807, 2.05) is 6.92 Å². The molecule has 1 aliphatic rings. The fraction of sp³-hybridized carbons (Fsp3) is 0.200. The van der Waals surface area contributed by atoms with E-state index in [9.17, 15) is 9.59 Å². The van der Waals surface area contributed by atoms with E-state index >= 15 is 0 Å². The third-order valence-corrected chi connectivity index (χ3v) is 4.25. The molecule has 0 spiro atoms. The monoisotopic (exact) mass is 367 g/mol. The van der Waals surface area contributed by atoms with Gasteiger partial charge in [0, 0.05) is 29.3 Å². The average molecular weight is 367 g/mol. The van der Waals surface area contributed by atoms with Gasteiger partial charge in [0.15, 0.2) is 17.6 Å². The van der Waals surface area contributed by atoms with Crippen LogP contribution in [0.3, 0.4) is 0 Å². The first-order chi connectivity index (χ1) is 13.0. The highest BCUT2D eigenvalue weighted by molar-refractivity contribution is 5.94. The Bertz CT molecular complexity index is 1090. The molecule has 1 aromatic heterocycles. The van der Waals surface area contributed by atoms with Crippen molar-refractivity contribution < 1.29 is 23.4 Å². The smallest absolute Gasteiger partial charge is 0.336 e.